The number of hydrogen-bond acceptors (Lipinski definition) is 2. The predicted octanol–water partition coefficient (Wildman–Crippen LogP) is 3.53. The van der Waals surface area contributed by atoms with Crippen molar-refractivity contribution in [3.05, 3.63) is 35.4 Å². The van der Waals surface area contributed by atoms with Gasteiger partial charge in [0.1, 0.15) is 0 Å². The van der Waals surface area contributed by atoms with Crippen molar-refractivity contribution in [3.63, 3.8) is 0 Å². The molecule has 2 bridgehead atoms. The SMILES string of the molecule is CCCNC1CC2CCC(C1)N2CCc1cccc(C)c1. The molecule has 0 saturated carbocycles. The Morgan fingerprint density at radius 1 is 1.19 bits per heavy atom. The van der Waals surface area contributed by atoms with Crippen LogP contribution in [0.25, 0.3) is 0 Å². The smallest absolute Gasteiger partial charge is 0.0114 e. The van der Waals surface area contributed by atoms with Gasteiger partial charge in [-0.15, -0.1) is 0 Å². The fourth-order valence-electron chi connectivity index (χ4n) is 4.28. The van der Waals surface area contributed by atoms with E-state index in [0.717, 1.165) is 18.1 Å². The maximum absolute atomic E-state index is 3.75. The summed E-state index contributed by atoms with van der Waals surface area (Å²) in [4.78, 5) is 2.81. The Morgan fingerprint density at radius 2 is 1.95 bits per heavy atom. The molecular formula is C19H30N2. The predicted molar refractivity (Wildman–Crippen MR) is 89.7 cm³/mol. The Bertz CT molecular complexity index is 443. The zero-order valence-electron chi connectivity index (χ0n) is 13.6. The molecule has 2 saturated heterocycles. The molecule has 2 atom stereocenters. The number of rotatable bonds is 6. The van der Waals surface area contributed by atoms with Crippen molar-refractivity contribution in [2.75, 3.05) is 13.1 Å². The average Bonchev–Trinajstić information content (AvgIpc) is 2.72. The van der Waals surface area contributed by atoms with E-state index >= 15 is 0 Å². The van der Waals surface area contributed by atoms with Gasteiger partial charge < -0.3 is 5.32 Å². The van der Waals surface area contributed by atoms with E-state index in [9.17, 15) is 0 Å². The van der Waals surface area contributed by atoms with E-state index in [-0.39, 0.29) is 0 Å². The van der Waals surface area contributed by atoms with Crippen LogP contribution in [0.2, 0.25) is 0 Å². The summed E-state index contributed by atoms with van der Waals surface area (Å²) in [5.74, 6) is 0. The van der Waals surface area contributed by atoms with Crippen molar-refractivity contribution < 1.29 is 0 Å². The molecule has 0 radical (unpaired) electrons. The number of piperidine rings is 1. The Balaban J connectivity index is 1.53. The molecule has 2 unspecified atom stereocenters. The zero-order valence-corrected chi connectivity index (χ0v) is 13.6. The van der Waals surface area contributed by atoms with Crippen LogP contribution in [-0.4, -0.2) is 36.1 Å². The highest BCUT2D eigenvalue weighted by Gasteiger charge is 2.39. The van der Waals surface area contributed by atoms with Gasteiger partial charge in [-0.3, -0.25) is 4.90 Å². The van der Waals surface area contributed by atoms with Gasteiger partial charge in [0.2, 0.25) is 0 Å². The molecule has 2 aliphatic rings. The summed E-state index contributed by atoms with van der Waals surface area (Å²) in [7, 11) is 0. The molecule has 116 valence electrons. The van der Waals surface area contributed by atoms with Gasteiger partial charge >= 0.3 is 0 Å². The second kappa shape index (κ2) is 6.93. The van der Waals surface area contributed by atoms with Crippen LogP contribution >= 0.6 is 0 Å². The number of benzene rings is 1. The van der Waals surface area contributed by atoms with Crippen molar-refractivity contribution in [2.24, 2.45) is 0 Å². The Hall–Kier alpha value is -0.860. The molecule has 2 aliphatic heterocycles. The topological polar surface area (TPSA) is 15.3 Å². The second-order valence-electron chi connectivity index (χ2n) is 6.98. The summed E-state index contributed by atoms with van der Waals surface area (Å²) in [6.45, 7) is 6.89. The van der Waals surface area contributed by atoms with Crippen LogP contribution in [-0.2, 0) is 6.42 Å². The van der Waals surface area contributed by atoms with Crippen molar-refractivity contribution in [2.45, 2.75) is 70.5 Å². The third-order valence-electron chi connectivity index (χ3n) is 5.31. The van der Waals surface area contributed by atoms with Crippen LogP contribution in [0, 0.1) is 6.92 Å². The lowest BCUT2D eigenvalue weighted by Crippen LogP contribution is -2.49. The lowest BCUT2D eigenvalue weighted by molar-refractivity contribution is 0.118. The highest BCUT2D eigenvalue weighted by atomic mass is 15.2. The fraction of sp³-hybridized carbons (Fsp3) is 0.684. The first-order valence-corrected chi connectivity index (χ1v) is 8.81. The number of nitrogens with one attached hydrogen (secondary N) is 1. The van der Waals surface area contributed by atoms with Gasteiger partial charge in [0.05, 0.1) is 0 Å². The van der Waals surface area contributed by atoms with E-state index in [1.807, 2.05) is 0 Å². The number of aryl methyl sites for hydroxylation is 1. The molecule has 3 rings (SSSR count). The molecule has 1 aromatic rings. The standard InChI is InChI=1S/C19H30N2/c1-3-10-20-17-13-18-7-8-19(14-17)21(18)11-9-16-6-4-5-15(2)12-16/h4-6,12,17-20H,3,7-11,13-14H2,1-2H3. The molecule has 21 heavy (non-hydrogen) atoms. The van der Waals surface area contributed by atoms with E-state index in [0.29, 0.717) is 0 Å². The van der Waals surface area contributed by atoms with Crippen LogP contribution < -0.4 is 5.32 Å². The van der Waals surface area contributed by atoms with E-state index in [4.69, 9.17) is 0 Å². The van der Waals surface area contributed by atoms with E-state index in [2.05, 4.69) is 48.3 Å². The maximum Gasteiger partial charge on any atom is 0.0114 e. The minimum absolute atomic E-state index is 0.776. The van der Waals surface area contributed by atoms with Crippen LogP contribution in [0.1, 0.15) is 50.2 Å². The molecule has 2 heteroatoms. The number of nitrogens with zero attached hydrogens (tertiary/aromatic N) is 1. The summed E-state index contributed by atoms with van der Waals surface area (Å²) in [5, 5.41) is 3.75. The van der Waals surface area contributed by atoms with Crippen molar-refractivity contribution in [1.82, 2.24) is 10.2 Å². The summed E-state index contributed by atoms with van der Waals surface area (Å²) in [6, 6.07) is 11.5. The molecular weight excluding hydrogens is 256 g/mol. The zero-order chi connectivity index (χ0) is 14.7. The summed E-state index contributed by atoms with van der Waals surface area (Å²) < 4.78 is 0. The Labute approximate surface area is 129 Å². The van der Waals surface area contributed by atoms with Gasteiger partial charge in [-0.1, -0.05) is 36.8 Å². The van der Waals surface area contributed by atoms with Gasteiger partial charge in [-0.25, -0.2) is 0 Å². The Morgan fingerprint density at radius 3 is 2.62 bits per heavy atom. The molecule has 0 amide bonds. The van der Waals surface area contributed by atoms with Gasteiger partial charge in [0, 0.05) is 24.7 Å². The van der Waals surface area contributed by atoms with Gasteiger partial charge in [0.15, 0.2) is 0 Å². The monoisotopic (exact) mass is 286 g/mol. The molecule has 2 nitrogen and oxygen atoms in total. The lowest BCUT2D eigenvalue weighted by atomic mass is 9.96. The number of fused-ring (bicyclic) bond motifs is 2. The molecule has 2 heterocycles. The van der Waals surface area contributed by atoms with E-state index in [1.165, 1.54) is 62.7 Å². The van der Waals surface area contributed by atoms with Gasteiger partial charge in [-0.05, 0) is 57.6 Å². The van der Waals surface area contributed by atoms with Crippen molar-refractivity contribution in [3.8, 4) is 0 Å². The van der Waals surface area contributed by atoms with E-state index < -0.39 is 0 Å². The van der Waals surface area contributed by atoms with Crippen LogP contribution in [0.3, 0.4) is 0 Å². The van der Waals surface area contributed by atoms with Crippen molar-refractivity contribution >= 4 is 0 Å². The first-order chi connectivity index (χ1) is 10.3. The molecule has 0 spiro atoms. The minimum Gasteiger partial charge on any atom is -0.314 e. The molecule has 0 aromatic heterocycles. The molecule has 0 aliphatic carbocycles. The summed E-state index contributed by atoms with van der Waals surface area (Å²) >= 11 is 0. The molecule has 1 N–H and O–H groups in total. The maximum atomic E-state index is 3.75. The second-order valence-corrected chi connectivity index (χ2v) is 6.98. The van der Waals surface area contributed by atoms with Gasteiger partial charge in [0.25, 0.3) is 0 Å². The third kappa shape index (κ3) is 3.67. The Kier molecular flexibility index (Phi) is 4.97. The van der Waals surface area contributed by atoms with Crippen molar-refractivity contribution in [1.29, 1.82) is 0 Å². The van der Waals surface area contributed by atoms with Crippen LogP contribution in [0.15, 0.2) is 24.3 Å². The van der Waals surface area contributed by atoms with E-state index in [1.54, 1.807) is 0 Å². The molecule has 2 fully saturated rings. The van der Waals surface area contributed by atoms with Crippen LogP contribution in [0.5, 0.6) is 0 Å². The van der Waals surface area contributed by atoms with Crippen LogP contribution in [0.4, 0.5) is 0 Å². The summed E-state index contributed by atoms with van der Waals surface area (Å²) in [6.07, 6.45) is 8.03. The summed E-state index contributed by atoms with van der Waals surface area (Å²) in [5.41, 5.74) is 2.89. The highest BCUT2D eigenvalue weighted by Crippen LogP contribution is 2.35. The number of hydrogen-bond donors (Lipinski definition) is 1. The first kappa shape index (κ1) is 15.1. The minimum atomic E-state index is 0.776. The lowest BCUT2D eigenvalue weighted by Gasteiger charge is -2.39. The highest BCUT2D eigenvalue weighted by molar-refractivity contribution is 5.22. The third-order valence-corrected chi connectivity index (χ3v) is 5.31. The average molecular weight is 286 g/mol. The quantitative estimate of drug-likeness (QED) is 0.860. The molecule has 1 aromatic carbocycles. The first-order valence-electron chi connectivity index (χ1n) is 8.81. The largest absolute Gasteiger partial charge is 0.314 e. The normalized spacial score (nSPS) is 29.0. The fourth-order valence-corrected chi connectivity index (χ4v) is 4.28. The van der Waals surface area contributed by atoms with Gasteiger partial charge in [-0.2, -0.15) is 0 Å².